The van der Waals surface area contributed by atoms with Crippen molar-refractivity contribution < 1.29 is 18.3 Å². The van der Waals surface area contributed by atoms with E-state index >= 15 is 0 Å². The van der Waals surface area contributed by atoms with Crippen LogP contribution in [0, 0.1) is 0 Å². The van der Waals surface area contributed by atoms with Gasteiger partial charge in [-0.1, -0.05) is 68.1 Å². The Morgan fingerprint density at radius 3 is 2.58 bits per heavy atom. The Labute approximate surface area is 221 Å². The van der Waals surface area contributed by atoms with Crippen LogP contribution in [-0.4, -0.2) is 38.3 Å². The van der Waals surface area contributed by atoms with E-state index in [-0.39, 0.29) is 11.5 Å². The van der Waals surface area contributed by atoms with Crippen molar-refractivity contribution in [3.05, 3.63) is 84.2 Å². The van der Waals surface area contributed by atoms with Crippen molar-refractivity contribution in [3.63, 3.8) is 0 Å². The number of aromatic nitrogens is 3. The van der Waals surface area contributed by atoms with Crippen LogP contribution in [0.2, 0.25) is 0 Å². The second kappa shape index (κ2) is 9.56. The molecule has 4 aromatic rings. The lowest BCUT2D eigenvalue weighted by atomic mass is 10.0. The van der Waals surface area contributed by atoms with Crippen LogP contribution in [0.25, 0.3) is 17.1 Å². The van der Waals surface area contributed by atoms with Gasteiger partial charge < -0.3 is 14.4 Å². The Morgan fingerprint density at radius 2 is 1.82 bits per heavy atom. The van der Waals surface area contributed by atoms with Crippen molar-refractivity contribution in [2.75, 3.05) is 10.8 Å². The molecule has 1 saturated heterocycles. The summed E-state index contributed by atoms with van der Waals surface area (Å²) in [6, 6.07) is 20.4. The molecule has 0 amide bonds. The summed E-state index contributed by atoms with van der Waals surface area (Å²) in [5.41, 5.74) is 4.66. The summed E-state index contributed by atoms with van der Waals surface area (Å²) in [5, 5.41) is 14.0. The predicted octanol–water partition coefficient (Wildman–Crippen LogP) is 6.28. The molecule has 11 heteroatoms. The van der Waals surface area contributed by atoms with Gasteiger partial charge in [-0.15, -0.1) is 19.0 Å². The van der Waals surface area contributed by atoms with Crippen LogP contribution in [-0.2, 0) is 0 Å². The molecule has 6 rings (SSSR count). The lowest BCUT2D eigenvalue weighted by molar-refractivity contribution is -0.286. The largest absolute Gasteiger partial charge is 0.586 e. The van der Waals surface area contributed by atoms with Gasteiger partial charge in [0, 0.05) is 17.3 Å². The van der Waals surface area contributed by atoms with E-state index in [0.29, 0.717) is 17.4 Å². The van der Waals surface area contributed by atoms with E-state index in [1.54, 1.807) is 24.0 Å². The van der Waals surface area contributed by atoms with Gasteiger partial charge in [0.25, 0.3) is 0 Å². The molecule has 0 radical (unpaired) electrons. The molecular formula is C27H22F2N6O2S. The number of halogens is 2. The first-order valence-electron chi connectivity index (χ1n) is 11.9. The fraction of sp³-hybridized carbons (Fsp3) is 0.185. The van der Waals surface area contributed by atoms with E-state index in [0.717, 1.165) is 22.2 Å². The number of para-hydroxylation sites is 1. The fourth-order valence-electron chi connectivity index (χ4n) is 4.13. The van der Waals surface area contributed by atoms with Crippen molar-refractivity contribution in [2.45, 2.75) is 26.1 Å². The van der Waals surface area contributed by atoms with E-state index in [1.165, 1.54) is 34.4 Å². The maximum Gasteiger partial charge on any atom is 0.586 e. The lowest BCUT2D eigenvalue weighted by Crippen LogP contribution is -2.39. The molecule has 3 heterocycles. The third-order valence-electron chi connectivity index (χ3n) is 6.06. The Morgan fingerprint density at radius 1 is 1.03 bits per heavy atom. The van der Waals surface area contributed by atoms with Crippen molar-refractivity contribution in [1.29, 1.82) is 0 Å². The number of benzene rings is 3. The fourth-order valence-corrected chi connectivity index (χ4v) is 4.84. The minimum absolute atomic E-state index is 0.0227. The molecule has 0 bridgehead atoms. The molecule has 0 spiro atoms. The standard InChI is InChI=1S/C27H22F2N6O2S/c1-17(2)21-5-3-4-6-22(21)34-16-38-26(34)32-31-14-18-7-9-19(10-8-18)25-30-15-35(33-25)20-11-12-23-24(13-20)37-27(28,29)36-23/h3-15,17H,16H2,1-2H3/b31-14+,32-26-. The summed E-state index contributed by atoms with van der Waals surface area (Å²) in [4.78, 5) is 6.52. The molecule has 0 saturated carbocycles. The van der Waals surface area contributed by atoms with Crippen LogP contribution in [0.1, 0.15) is 30.9 Å². The lowest BCUT2D eigenvalue weighted by Gasteiger charge is -2.34. The number of fused-ring (bicyclic) bond motifs is 1. The summed E-state index contributed by atoms with van der Waals surface area (Å²) in [6.07, 6.45) is -0.451. The Balaban J connectivity index is 1.13. The highest BCUT2D eigenvalue weighted by Crippen LogP contribution is 2.41. The number of amidine groups is 1. The molecule has 8 nitrogen and oxygen atoms in total. The number of alkyl halides is 2. The highest BCUT2D eigenvalue weighted by molar-refractivity contribution is 8.16. The zero-order valence-electron chi connectivity index (χ0n) is 20.5. The van der Waals surface area contributed by atoms with Crippen LogP contribution in [0.4, 0.5) is 14.5 Å². The number of thioether (sulfide) groups is 1. The third-order valence-corrected chi connectivity index (χ3v) is 7.01. The van der Waals surface area contributed by atoms with Gasteiger partial charge in [0.15, 0.2) is 22.5 Å². The van der Waals surface area contributed by atoms with Crippen LogP contribution in [0.3, 0.4) is 0 Å². The Kier molecular flexibility index (Phi) is 6.07. The second-order valence-corrected chi connectivity index (χ2v) is 9.89. The maximum atomic E-state index is 13.3. The second-order valence-electron chi connectivity index (χ2n) is 8.98. The molecule has 1 fully saturated rings. The summed E-state index contributed by atoms with van der Waals surface area (Å²) in [6.45, 7) is 4.37. The van der Waals surface area contributed by atoms with E-state index in [4.69, 9.17) is 0 Å². The molecule has 2 aliphatic heterocycles. The molecule has 1 aromatic heterocycles. The van der Waals surface area contributed by atoms with Gasteiger partial charge in [0.05, 0.1) is 17.8 Å². The van der Waals surface area contributed by atoms with Crippen LogP contribution < -0.4 is 14.4 Å². The molecule has 3 aromatic carbocycles. The quantitative estimate of drug-likeness (QED) is 0.215. The summed E-state index contributed by atoms with van der Waals surface area (Å²) in [5.74, 6) is 1.69. The van der Waals surface area contributed by atoms with E-state index < -0.39 is 6.29 Å². The normalized spacial score (nSPS) is 17.0. The SMILES string of the molecule is CC(C)c1ccccc1N1CS/C1=N\N=C\c1ccc(-c2ncn(-c3ccc4c(c3)OC(F)(F)O4)n2)cc1. The highest BCUT2D eigenvalue weighted by atomic mass is 32.2. The van der Waals surface area contributed by atoms with Crippen molar-refractivity contribution in [1.82, 2.24) is 14.8 Å². The van der Waals surface area contributed by atoms with Crippen LogP contribution >= 0.6 is 11.8 Å². The van der Waals surface area contributed by atoms with Crippen LogP contribution in [0.15, 0.2) is 83.3 Å². The molecular weight excluding hydrogens is 510 g/mol. The van der Waals surface area contributed by atoms with Gasteiger partial charge >= 0.3 is 6.29 Å². The average molecular weight is 533 g/mol. The number of anilines is 1. The molecule has 0 atom stereocenters. The third kappa shape index (κ3) is 4.72. The molecule has 0 N–H and O–H groups in total. The summed E-state index contributed by atoms with van der Waals surface area (Å²) < 4.78 is 37.0. The van der Waals surface area contributed by atoms with Gasteiger partial charge in [-0.25, -0.2) is 9.67 Å². The minimum atomic E-state index is -3.67. The molecule has 192 valence electrons. The number of nitrogens with zero attached hydrogens (tertiary/aromatic N) is 6. The average Bonchev–Trinajstić information content (AvgIpc) is 3.49. The molecule has 0 aliphatic carbocycles. The Bertz CT molecular complexity index is 1550. The number of ether oxygens (including phenoxy) is 2. The van der Waals surface area contributed by atoms with E-state index in [9.17, 15) is 8.78 Å². The Hall–Kier alpha value is -4.25. The number of rotatable bonds is 6. The molecule has 0 unspecified atom stereocenters. The number of hydrogen-bond donors (Lipinski definition) is 0. The summed E-state index contributed by atoms with van der Waals surface area (Å²) in [7, 11) is 0. The minimum Gasteiger partial charge on any atom is -0.395 e. The topological polar surface area (TPSA) is 77.1 Å². The van der Waals surface area contributed by atoms with E-state index in [2.05, 4.69) is 66.7 Å². The van der Waals surface area contributed by atoms with Gasteiger partial charge in [0.2, 0.25) is 0 Å². The smallest absolute Gasteiger partial charge is 0.395 e. The predicted molar refractivity (Wildman–Crippen MR) is 143 cm³/mol. The van der Waals surface area contributed by atoms with Gasteiger partial charge in [-0.3, -0.25) is 0 Å². The first-order valence-corrected chi connectivity index (χ1v) is 12.9. The van der Waals surface area contributed by atoms with E-state index in [1.807, 2.05) is 30.3 Å². The van der Waals surface area contributed by atoms with Gasteiger partial charge in [0.1, 0.15) is 6.33 Å². The molecule has 2 aliphatic rings. The van der Waals surface area contributed by atoms with Crippen molar-refractivity contribution in [2.24, 2.45) is 10.2 Å². The van der Waals surface area contributed by atoms with Gasteiger partial charge in [-0.2, -0.15) is 5.10 Å². The molecule has 38 heavy (non-hydrogen) atoms. The summed E-state index contributed by atoms with van der Waals surface area (Å²) >= 11 is 1.66. The zero-order valence-corrected chi connectivity index (χ0v) is 21.3. The highest BCUT2D eigenvalue weighted by Gasteiger charge is 2.43. The van der Waals surface area contributed by atoms with Crippen LogP contribution in [0.5, 0.6) is 11.5 Å². The van der Waals surface area contributed by atoms with Crippen molar-refractivity contribution >= 4 is 28.8 Å². The zero-order chi connectivity index (χ0) is 26.3. The van der Waals surface area contributed by atoms with Crippen molar-refractivity contribution in [3.8, 4) is 28.6 Å². The maximum absolute atomic E-state index is 13.3. The number of hydrogen-bond acceptors (Lipinski definition) is 7. The first-order chi connectivity index (χ1) is 18.4. The monoisotopic (exact) mass is 532 g/mol. The van der Waals surface area contributed by atoms with Gasteiger partial charge in [-0.05, 0) is 35.2 Å². The first kappa shape index (κ1) is 24.1.